The number of carbonyl (C=O) groups is 1. The van der Waals surface area contributed by atoms with Crippen molar-refractivity contribution in [2.24, 2.45) is 13.0 Å². The molecule has 2 aliphatic carbocycles. The normalized spacial score (nSPS) is 15.1. The zero-order chi connectivity index (χ0) is 21.2. The average molecular weight is 419 g/mol. The molecule has 9 nitrogen and oxygen atoms in total. The Labute approximate surface area is 180 Å². The van der Waals surface area contributed by atoms with Gasteiger partial charge in [0.1, 0.15) is 0 Å². The van der Waals surface area contributed by atoms with Crippen molar-refractivity contribution in [2.75, 3.05) is 0 Å². The van der Waals surface area contributed by atoms with Gasteiger partial charge in [0, 0.05) is 26.2 Å². The Balaban J connectivity index is 1.07. The average Bonchev–Trinajstić information content (AvgIpc) is 3.16. The lowest BCUT2D eigenvalue weighted by atomic mass is 10.1. The van der Waals surface area contributed by atoms with E-state index in [1.807, 2.05) is 17.8 Å². The predicted molar refractivity (Wildman–Crippen MR) is 114 cm³/mol. The van der Waals surface area contributed by atoms with Crippen molar-refractivity contribution in [1.29, 1.82) is 0 Å². The van der Waals surface area contributed by atoms with E-state index >= 15 is 0 Å². The summed E-state index contributed by atoms with van der Waals surface area (Å²) >= 11 is 0. The summed E-state index contributed by atoms with van der Waals surface area (Å²) in [7, 11) is 1.89. The molecule has 0 atom stereocenters. The smallest absolute Gasteiger partial charge is 0.273 e. The fourth-order valence-corrected chi connectivity index (χ4v) is 3.93. The second-order valence-corrected chi connectivity index (χ2v) is 8.45. The van der Waals surface area contributed by atoms with Gasteiger partial charge >= 0.3 is 0 Å². The monoisotopic (exact) mass is 418 g/mol. The van der Waals surface area contributed by atoms with Crippen LogP contribution in [0.3, 0.4) is 0 Å². The van der Waals surface area contributed by atoms with Gasteiger partial charge in [-0.05, 0) is 49.7 Å². The van der Waals surface area contributed by atoms with E-state index in [1.54, 1.807) is 17.2 Å². The number of aromatic nitrogens is 7. The van der Waals surface area contributed by atoms with E-state index in [0.717, 1.165) is 48.7 Å². The summed E-state index contributed by atoms with van der Waals surface area (Å²) in [6, 6.07) is 2.19. The molecule has 2 aliphatic rings. The van der Waals surface area contributed by atoms with Crippen molar-refractivity contribution < 1.29 is 4.79 Å². The fourth-order valence-electron chi connectivity index (χ4n) is 3.93. The molecule has 3 aromatic heterocycles. The Bertz CT molecular complexity index is 1120. The van der Waals surface area contributed by atoms with Gasteiger partial charge in [0.15, 0.2) is 5.69 Å². The highest BCUT2D eigenvalue weighted by Gasteiger charge is 2.29. The zero-order valence-corrected chi connectivity index (χ0v) is 17.7. The van der Waals surface area contributed by atoms with E-state index in [4.69, 9.17) is 0 Å². The second kappa shape index (κ2) is 8.41. The highest BCUT2D eigenvalue weighted by molar-refractivity contribution is 5.91. The van der Waals surface area contributed by atoms with Gasteiger partial charge in [0.2, 0.25) is 0 Å². The lowest BCUT2D eigenvalue weighted by Gasteiger charge is -2.03. The number of nitrogens with zero attached hydrogens (tertiary/aromatic N) is 7. The number of nitrogens with one attached hydrogen (secondary N) is 1. The van der Waals surface area contributed by atoms with Crippen LogP contribution < -0.4 is 5.32 Å². The van der Waals surface area contributed by atoms with Crippen LogP contribution in [0.2, 0.25) is 0 Å². The predicted octanol–water partition coefficient (Wildman–Crippen LogP) is 2.10. The van der Waals surface area contributed by atoms with Crippen LogP contribution in [0.1, 0.15) is 58.8 Å². The molecule has 0 saturated heterocycles. The van der Waals surface area contributed by atoms with E-state index in [9.17, 15) is 4.79 Å². The SMILES string of the molecule is Cn1cnc(CNC(=O)c2cn(CCCCc3cc4c(nn3)CC(C3CC3)=C4)nn2)c1. The number of imidazole rings is 1. The van der Waals surface area contributed by atoms with Crippen molar-refractivity contribution in [2.45, 2.75) is 51.6 Å². The molecule has 0 aromatic carbocycles. The van der Waals surface area contributed by atoms with E-state index in [0.29, 0.717) is 18.8 Å². The van der Waals surface area contributed by atoms with Gasteiger partial charge < -0.3 is 9.88 Å². The molecule has 1 saturated carbocycles. The van der Waals surface area contributed by atoms with Crippen LogP contribution >= 0.6 is 0 Å². The Morgan fingerprint density at radius 2 is 2.06 bits per heavy atom. The third kappa shape index (κ3) is 4.70. The summed E-state index contributed by atoms with van der Waals surface area (Å²) in [4.78, 5) is 16.4. The molecule has 0 radical (unpaired) electrons. The van der Waals surface area contributed by atoms with Crippen molar-refractivity contribution in [1.82, 2.24) is 40.1 Å². The lowest BCUT2D eigenvalue weighted by Crippen LogP contribution is -2.23. The second-order valence-electron chi connectivity index (χ2n) is 8.45. The van der Waals surface area contributed by atoms with Crippen LogP contribution in [0.25, 0.3) is 6.08 Å². The van der Waals surface area contributed by atoms with Gasteiger partial charge in [-0.25, -0.2) is 4.98 Å². The topological polar surface area (TPSA) is 103 Å². The van der Waals surface area contributed by atoms with E-state index in [2.05, 4.69) is 43.0 Å². The maximum Gasteiger partial charge on any atom is 0.273 e. The maximum absolute atomic E-state index is 12.2. The molecular weight excluding hydrogens is 392 g/mol. The molecule has 3 heterocycles. The molecule has 9 heteroatoms. The number of hydrogen-bond acceptors (Lipinski definition) is 6. The first-order chi connectivity index (χ1) is 15.1. The molecule has 3 aromatic rings. The zero-order valence-electron chi connectivity index (χ0n) is 17.7. The van der Waals surface area contributed by atoms with E-state index in [1.165, 1.54) is 24.0 Å². The highest BCUT2D eigenvalue weighted by atomic mass is 16.2. The number of allylic oxidation sites excluding steroid dienone is 1. The number of amides is 1. The first kappa shape index (κ1) is 19.6. The van der Waals surface area contributed by atoms with E-state index in [-0.39, 0.29) is 5.91 Å². The number of unbranched alkanes of at least 4 members (excludes halogenated alkanes) is 1. The first-order valence-corrected chi connectivity index (χ1v) is 10.8. The van der Waals surface area contributed by atoms with Gasteiger partial charge in [-0.2, -0.15) is 10.2 Å². The molecule has 0 bridgehead atoms. The quantitative estimate of drug-likeness (QED) is 0.534. The van der Waals surface area contributed by atoms with Crippen LogP contribution in [0, 0.1) is 5.92 Å². The van der Waals surface area contributed by atoms with Crippen molar-refractivity contribution in [3.8, 4) is 0 Å². The van der Waals surface area contributed by atoms with Gasteiger partial charge in [-0.15, -0.1) is 5.10 Å². The molecule has 1 fully saturated rings. The molecule has 31 heavy (non-hydrogen) atoms. The molecule has 5 rings (SSSR count). The highest BCUT2D eigenvalue weighted by Crippen LogP contribution is 2.41. The van der Waals surface area contributed by atoms with Crippen LogP contribution in [0.15, 0.2) is 30.4 Å². The minimum atomic E-state index is -0.246. The standard InChI is InChI=1S/C22H26N8O/c1-29-12-19(24-14-29)11-23-22(31)21-13-30(28-27-21)7-3-2-4-18-9-17-8-16(15-5-6-15)10-20(17)26-25-18/h8-9,12-15H,2-7,10-11H2,1H3,(H,23,31). The summed E-state index contributed by atoms with van der Waals surface area (Å²) in [6.45, 7) is 1.08. The summed E-state index contributed by atoms with van der Waals surface area (Å²) < 4.78 is 3.56. The first-order valence-electron chi connectivity index (χ1n) is 10.8. The molecule has 0 unspecified atom stereocenters. The van der Waals surface area contributed by atoms with Crippen LogP contribution in [0.5, 0.6) is 0 Å². The number of rotatable bonds is 9. The number of fused-ring (bicyclic) bond motifs is 1. The third-order valence-corrected chi connectivity index (χ3v) is 5.80. The summed E-state index contributed by atoms with van der Waals surface area (Å²) in [6.07, 6.45) is 14.0. The van der Waals surface area contributed by atoms with Gasteiger partial charge in [-0.3, -0.25) is 9.48 Å². The van der Waals surface area contributed by atoms with Crippen molar-refractivity contribution in [3.63, 3.8) is 0 Å². The lowest BCUT2D eigenvalue weighted by molar-refractivity contribution is 0.0945. The molecule has 1 amide bonds. The van der Waals surface area contributed by atoms with Crippen LogP contribution in [-0.2, 0) is 33.0 Å². The molecule has 1 N–H and O–H groups in total. The Hall–Kier alpha value is -3.36. The number of hydrogen-bond donors (Lipinski definition) is 1. The maximum atomic E-state index is 12.2. The minimum Gasteiger partial charge on any atom is -0.345 e. The van der Waals surface area contributed by atoms with Crippen LogP contribution in [-0.4, -0.2) is 40.6 Å². The molecule has 160 valence electrons. The summed E-state index contributed by atoms with van der Waals surface area (Å²) in [5, 5.41) is 19.7. The van der Waals surface area contributed by atoms with Gasteiger partial charge in [-0.1, -0.05) is 16.9 Å². The molecule has 0 aliphatic heterocycles. The Kier molecular flexibility index (Phi) is 5.31. The third-order valence-electron chi connectivity index (χ3n) is 5.80. The Morgan fingerprint density at radius 3 is 2.87 bits per heavy atom. The van der Waals surface area contributed by atoms with Gasteiger partial charge in [0.05, 0.1) is 36.2 Å². The molecular formula is C22H26N8O. The number of aryl methyl sites for hydroxylation is 3. The van der Waals surface area contributed by atoms with Crippen LogP contribution in [0.4, 0.5) is 0 Å². The minimum absolute atomic E-state index is 0.246. The largest absolute Gasteiger partial charge is 0.345 e. The van der Waals surface area contributed by atoms with Crippen molar-refractivity contribution >= 4 is 12.0 Å². The summed E-state index contributed by atoms with van der Waals surface area (Å²) in [5.74, 6) is 0.547. The fraction of sp³-hybridized carbons (Fsp3) is 0.455. The molecule has 0 spiro atoms. The van der Waals surface area contributed by atoms with Crippen molar-refractivity contribution in [3.05, 3.63) is 58.7 Å². The Morgan fingerprint density at radius 1 is 1.16 bits per heavy atom. The summed E-state index contributed by atoms with van der Waals surface area (Å²) in [5.41, 5.74) is 6.08. The number of carbonyl (C=O) groups excluding carboxylic acids is 1. The van der Waals surface area contributed by atoms with E-state index < -0.39 is 0 Å². The van der Waals surface area contributed by atoms with Gasteiger partial charge in [0.25, 0.3) is 5.91 Å².